The minimum Gasteiger partial charge on any atom is -0.487 e. The van der Waals surface area contributed by atoms with E-state index in [9.17, 15) is 28.8 Å². The van der Waals surface area contributed by atoms with Gasteiger partial charge in [0.05, 0.1) is 35.7 Å². The minimum absolute atomic E-state index is 0.132. The quantitative estimate of drug-likeness (QED) is 0.0563. The van der Waals surface area contributed by atoms with E-state index in [1.165, 1.54) is 14.7 Å². The van der Waals surface area contributed by atoms with Gasteiger partial charge in [0.25, 0.3) is 0 Å². The number of carbonyl (C=O) groups is 6. The number of ether oxygens (including phenoxy) is 6. The first kappa shape index (κ1) is 73.9. The molecule has 0 bridgehead atoms. The molecule has 27 heteroatoms. The predicted molar refractivity (Wildman–Crippen MR) is 404 cm³/mol. The monoisotopic (exact) mass is 1460 g/mol. The number of nitrogens with zero attached hydrogens (tertiary/aromatic N) is 12. The van der Waals surface area contributed by atoms with E-state index < -0.39 is 53.2 Å². The highest BCUT2D eigenvalue weighted by Gasteiger charge is 2.40. The van der Waals surface area contributed by atoms with Gasteiger partial charge in [-0.2, -0.15) is 0 Å². The van der Waals surface area contributed by atoms with Crippen molar-refractivity contribution in [2.75, 3.05) is 35.6 Å². The molecule has 108 heavy (non-hydrogen) atoms. The average Bonchev–Trinajstić information content (AvgIpc) is 1.14. The van der Waals surface area contributed by atoms with Gasteiger partial charge in [0.1, 0.15) is 89.1 Å². The zero-order valence-electron chi connectivity index (χ0n) is 61.8. The molecule has 27 nitrogen and oxygen atoms in total. The SMILES string of the molecule is CC(C)(C)OC(=O)N1CCC[C@H]1C(=O)Nc1cccc(-n2cc(COc3ccc(-c4cc(-c5ccc(OCc6cn(-c7cccc(NC(=O)[C@@H]8CCCN8C(=O)OC(C)(C)C)c7)nn6)cc5)cc(-c5ccc(OCc6cn(-c7cccc(NC(=O)[C@@H]8CCCN8C(=O)OC(C)(C)C)c7)nn6)cc5)c4)cc3)nn2)c1. The summed E-state index contributed by atoms with van der Waals surface area (Å²) in [6, 6.07) is 49.7. The summed E-state index contributed by atoms with van der Waals surface area (Å²) in [5.41, 5.74) is 8.98. The van der Waals surface area contributed by atoms with Gasteiger partial charge in [0.2, 0.25) is 17.7 Å². The fourth-order valence-electron chi connectivity index (χ4n) is 12.9. The zero-order valence-corrected chi connectivity index (χ0v) is 61.8. The first-order chi connectivity index (χ1) is 51.7. The Balaban J connectivity index is 0.670. The summed E-state index contributed by atoms with van der Waals surface area (Å²) in [4.78, 5) is 83.7. The summed E-state index contributed by atoms with van der Waals surface area (Å²) in [6.45, 7) is 17.9. The van der Waals surface area contributed by atoms with Crippen molar-refractivity contribution in [1.82, 2.24) is 59.7 Å². The van der Waals surface area contributed by atoms with Crippen LogP contribution in [0.1, 0.15) is 118 Å². The van der Waals surface area contributed by atoms with E-state index in [0.717, 1.165) is 33.4 Å². The van der Waals surface area contributed by atoms with E-state index >= 15 is 0 Å². The highest BCUT2D eigenvalue weighted by molar-refractivity contribution is 5.99. The number of amides is 6. The number of aromatic nitrogens is 9. The summed E-state index contributed by atoms with van der Waals surface area (Å²) < 4.78 is 40.4. The molecule has 3 saturated heterocycles. The van der Waals surface area contributed by atoms with Crippen molar-refractivity contribution in [3.8, 4) is 67.7 Å². The van der Waals surface area contributed by atoms with Crippen LogP contribution < -0.4 is 30.2 Å². The number of nitrogens with one attached hydrogen (secondary N) is 3. The molecule has 3 aromatic heterocycles. The predicted octanol–water partition coefficient (Wildman–Crippen LogP) is 14.2. The van der Waals surface area contributed by atoms with E-state index in [1.807, 2.05) is 109 Å². The van der Waals surface area contributed by atoms with Crippen molar-refractivity contribution in [1.29, 1.82) is 0 Å². The maximum Gasteiger partial charge on any atom is 0.410 e. The first-order valence-corrected chi connectivity index (χ1v) is 36.1. The van der Waals surface area contributed by atoms with Gasteiger partial charge in [0.15, 0.2) is 0 Å². The molecule has 3 N–H and O–H groups in total. The number of benzene rings is 7. The van der Waals surface area contributed by atoms with Gasteiger partial charge in [-0.15, -0.1) is 15.3 Å². The van der Waals surface area contributed by atoms with Gasteiger partial charge in [0, 0.05) is 36.7 Å². The van der Waals surface area contributed by atoms with Crippen molar-refractivity contribution in [3.63, 3.8) is 0 Å². The molecular weight excluding hydrogens is 1370 g/mol. The summed E-state index contributed by atoms with van der Waals surface area (Å²) in [6.07, 6.45) is 7.47. The molecule has 10 aromatic rings. The van der Waals surface area contributed by atoms with Gasteiger partial charge >= 0.3 is 18.3 Å². The molecule has 13 rings (SSSR count). The standard InChI is InChI=1S/C81H87N15O12/c1-79(2,3)106-76(100)91-37-13-22-70(91)73(97)82-58-16-10-19-64(43-58)94-46-61(85-88-94)49-103-67-31-25-52(26-32-67)55-40-56(53-27-33-68(34-28-53)104-50-62-47-95(89-86-62)65-20-11-17-59(44-65)83-74(98)71-23-14-38-92(71)77(101)107-80(4,5)6)42-57(41-55)54-29-35-69(36-30-54)105-51-63-48-96(90-87-63)66-21-12-18-60(45-66)84-75(99)72-24-15-39-93(72)78(102)108-81(7,8)9/h10-12,16-21,25-36,40-48,70-72H,13-15,22-24,37-39,49-51H2,1-9H3,(H,82,97)(H,83,98)(H,84,99)/t70-,71-,72-/m0/s1. The van der Waals surface area contributed by atoms with Crippen LogP contribution in [0.2, 0.25) is 0 Å². The van der Waals surface area contributed by atoms with Crippen LogP contribution >= 0.6 is 0 Å². The lowest BCUT2D eigenvalue weighted by Crippen LogP contribution is -2.45. The van der Waals surface area contributed by atoms with E-state index in [-0.39, 0.29) is 37.5 Å². The van der Waals surface area contributed by atoms with E-state index in [2.05, 4.69) is 65.1 Å². The van der Waals surface area contributed by atoms with Crippen molar-refractivity contribution in [2.24, 2.45) is 0 Å². The number of hydrogen-bond donors (Lipinski definition) is 3. The summed E-state index contributed by atoms with van der Waals surface area (Å²) in [7, 11) is 0. The van der Waals surface area contributed by atoms with Gasteiger partial charge in [-0.05, 0) is 243 Å². The van der Waals surface area contributed by atoms with Gasteiger partial charge in [-0.25, -0.2) is 28.4 Å². The maximum absolute atomic E-state index is 13.5. The lowest BCUT2D eigenvalue weighted by atomic mass is 9.93. The molecule has 0 unspecified atom stereocenters. The average molecular weight is 1460 g/mol. The van der Waals surface area contributed by atoms with Crippen LogP contribution in [0, 0.1) is 0 Å². The summed E-state index contributed by atoms with van der Waals surface area (Å²) in [5, 5.41) is 35.1. The number of hydrogen-bond acceptors (Lipinski definition) is 18. The maximum atomic E-state index is 13.5. The molecule has 3 atom stereocenters. The highest BCUT2D eigenvalue weighted by Crippen LogP contribution is 2.36. The largest absolute Gasteiger partial charge is 0.487 e. The Morgan fingerprint density at radius 2 is 0.630 bits per heavy atom. The van der Waals surface area contributed by atoms with Crippen molar-refractivity contribution in [2.45, 2.75) is 156 Å². The number of carbonyl (C=O) groups excluding carboxylic acids is 6. The molecule has 0 spiro atoms. The minimum atomic E-state index is -0.684. The zero-order chi connectivity index (χ0) is 75.9. The van der Waals surface area contributed by atoms with Crippen LogP contribution in [0.15, 0.2) is 182 Å². The molecule has 558 valence electrons. The van der Waals surface area contributed by atoms with Gasteiger partial charge < -0.3 is 44.4 Å². The molecule has 0 saturated carbocycles. The van der Waals surface area contributed by atoms with Crippen molar-refractivity contribution in [3.05, 3.63) is 199 Å². The van der Waals surface area contributed by atoms with Gasteiger partial charge in [-0.1, -0.05) is 70.2 Å². The second-order valence-electron chi connectivity index (χ2n) is 29.8. The lowest BCUT2D eigenvalue weighted by Gasteiger charge is -2.28. The molecule has 6 heterocycles. The van der Waals surface area contributed by atoms with Crippen LogP contribution in [0.5, 0.6) is 17.2 Å². The number of anilines is 3. The first-order valence-electron chi connectivity index (χ1n) is 36.1. The second-order valence-corrected chi connectivity index (χ2v) is 29.8. The molecule has 6 amide bonds. The van der Waals surface area contributed by atoms with Crippen LogP contribution in [0.25, 0.3) is 50.4 Å². The van der Waals surface area contributed by atoms with Crippen LogP contribution in [0.3, 0.4) is 0 Å². The summed E-state index contributed by atoms with van der Waals surface area (Å²) >= 11 is 0. The number of rotatable bonds is 21. The number of likely N-dealkylation sites (tertiary alicyclic amines) is 3. The third kappa shape index (κ3) is 18.8. The lowest BCUT2D eigenvalue weighted by molar-refractivity contribution is -0.121. The van der Waals surface area contributed by atoms with Crippen LogP contribution in [0.4, 0.5) is 31.4 Å². The third-order valence-electron chi connectivity index (χ3n) is 18.0. The Hall–Kier alpha value is -12.4. The molecule has 0 aliphatic carbocycles. The Labute approximate surface area is 625 Å². The highest BCUT2D eigenvalue weighted by atomic mass is 16.6. The fraction of sp³-hybridized carbons (Fsp3) is 0.333. The van der Waals surface area contributed by atoms with Gasteiger partial charge in [-0.3, -0.25) is 29.1 Å². The van der Waals surface area contributed by atoms with E-state index in [4.69, 9.17) is 28.4 Å². The van der Waals surface area contributed by atoms with Crippen molar-refractivity contribution >= 4 is 53.1 Å². The third-order valence-corrected chi connectivity index (χ3v) is 18.0. The smallest absolute Gasteiger partial charge is 0.410 e. The summed E-state index contributed by atoms with van der Waals surface area (Å²) in [5.74, 6) is 0.975. The van der Waals surface area contributed by atoms with E-state index in [0.29, 0.717) is 127 Å². The molecular formula is C81H87N15O12. The Morgan fingerprint density at radius 1 is 0.361 bits per heavy atom. The van der Waals surface area contributed by atoms with Crippen LogP contribution in [-0.2, 0) is 48.4 Å². The fourth-order valence-corrected chi connectivity index (χ4v) is 12.9. The normalized spacial score (nSPS) is 15.9. The molecule has 3 aliphatic heterocycles. The second kappa shape index (κ2) is 31.7. The Morgan fingerprint density at radius 3 is 0.889 bits per heavy atom. The van der Waals surface area contributed by atoms with E-state index in [1.54, 1.807) is 131 Å². The molecule has 3 aliphatic rings. The molecule has 7 aromatic carbocycles. The van der Waals surface area contributed by atoms with Crippen molar-refractivity contribution < 1.29 is 57.2 Å². The Bertz CT molecular complexity index is 4400. The molecule has 0 radical (unpaired) electrons. The molecule has 3 fully saturated rings. The van der Waals surface area contributed by atoms with Crippen LogP contribution in [-0.4, -0.2) is 150 Å². The Kier molecular flexibility index (Phi) is 21.7. The topological polar surface area (TPSA) is 296 Å².